The third kappa shape index (κ3) is 3.78. The van der Waals surface area contributed by atoms with Crippen molar-refractivity contribution in [3.8, 4) is 0 Å². The molecule has 3 heteroatoms. The Hall–Kier alpha value is 0.270. The number of nitrogens with two attached hydrogens (primary N) is 1. The molecule has 3 N–H and O–H groups in total. The molecule has 0 aromatic heterocycles. The van der Waals surface area contributed by atoms with Crippen LogP contribution < -0.4 is 5.73 Å². The Morgan fingerprint density at radius 1 is 1.42 bits per heavy atom. The van der Waals surface area contributed by atoms with Crippen molar-refractivity contribution in [3.63, 3.8) is 0 Å². The van der Waals surface area contributed by atoms with Gasteiger partial charge in [-0.1, -0.05) is 12.8 Å². The molecule has 0 saturated heterocycles. The van der Waals surface area contributed by atoms with E-state index in [-0.39, 0.29) is 12.6 Å². The van der Waals surface area contributed by atoms with Crippen LogP contribution in [-0.2, 0) is 0 Å². The van der Waals surface area contributed by atoms with E-state index in [1.807, 2.05) is 11.8 Å². The van der Waals surface area contributed by atoms with Gasteiger partial charge in [0.15, 0.2) is 0 Å². The molecule has 72 valence electrons. The lowest BCUT2D eigenvalue weighted by atomic mass is 10.3. The van der Waals surface area contributed by atoms with E-state index in [4.69, 9.17) is 10.8 Å². The molecular weight excluding hydrogens is 170 g/mol. The van der Waals surface area contributed by atoms with Gasteiger partial charge in [0.05, 0.1) is 6.61 Å². The van der Waals surface area contributed by atoms with E-state index in [0.717, 1.165) is 17.4 Å². The lowest BCUT2D eigenvalue weighted by molar-refractivity contribution is 0.264. The topological polar surface area (TPSA) is 46.2 Å². The standard InChI is InChI=1S/C9H19NOS/c10-8(7-11)5-6-12-9-3-1-2-4-9/h8-9,11H,1-7,10H2. The maximum Gasteiger partial charge on any atom is 0.0582 e. The molecule has 2 nitrogen and oxygen atoms in total. The molecule has 1 atom stereocenters. The first-order chi connectivity index (χ1) is 5.83. The molecule has 0 amide bonds. The molecule has 1 aliphatic carbocycles. The number of aliphatic hydroxyl groups excluding tert-OH is 1. The summed E-state index contributed by atoms with van der Waals surface area (Å²) >= 11 is 2.04. The summed E-state index contributed by atoms with van der Waals surface area (Å²) in [5.74, 6) is 1.12. The van der Waals surface area contributed by atoms with E-state index in [1.54, 1.807) is 0 Å². The zero-order valence-electron chi connectivity index (χ0n) is 7.54. The quantitative estimate of drug-likeness (QED) is 0.686. The molecule has 0 spiro atoms. The number of thioether (sulfide) groups is 1. The molecular formula is C9H19NOS. The first-order valence-electron chi connectivity index (χ1n) is 4.81. The lowest BCUT2D eigenvalue weighted by Crippen LogP contribution is -2.25. The van der Waals surface area contributed by atoms with Crippen molar-refractivity contribution < 1.29 is 5.11 Å². The highest BCUT2D eigenvalue weighted by atomic mass is 32.2. The van der Waals surface area contributed by atoms with E-state index < -0.39 is 0 Å². The average molecular weight is 189 g/mol. The van der Waals surface area contributed by atoms with Gasteiger partial charge in [0.2, 0.25) is 0 Å². The third-order valence-electron chi connectivity index (χ3n) is 2.38. The van der Waals surface area contributed by atoms with Crippen molar-refractivity contribution in [2.24, 2.45) is 5.73 Å². The van der Waals surface area contributed by atoms with Gasteiger partial charge in [-0.05, 0) is 25.0 Å². The molecule has 0 aromatic rings. The summed E-state index contributed by atoms with van der Waals surface area (Å²) in [6.07, 6.45) is 6.54. The normalized spacial score (nSPS) is 21.5. The highest BCUT2D eigenvalue weighted by Gasteiger charge is 2.14. The Balaban J connectivity index is 1.94. The summed E-state index contributed by atoms with van der Waals surface area (Å²) in [6, 6.07) is -0.00102. The monoisotopic (exact) mass is 189 g/mol. The second kappa shape index (κ2) is 5.84. The molecule has 1 unspecified atom stereocenters. The molecule has 1 aliphatic rings. The fourth-order valence-corrected chi connectivity index (χ4v) is 2.97. The Labute approximate surface area is 78.9 Å². The fraction of sp³-hybridized carbons (Fsp3) is 1.00. The van der Waals surface area contributed by atoms with Crippen molar-refractivity contribution in [1.82, 2.24) is 0 Å². The van der Waals surface area contributed by atoms with Crippen molar-refractivity contribution >= 4 is 11.8 Å². The van der Waals surface area contributed by atoms with Gasteiger partial charge in [-0.2, -0.15) is 11.8 Å². The molecule has 0 aromatic carbocycles. The Bertz CT molecular complexity index is 115. The molecule has 0 aliphatic heterocycles. The van der Waals surface area contributed by atoms with Gasteiger partial charge in [0.1, 0.15) is 0 Å². The molecule has 1 rings (SSSR count). The third-order valence-corrected chi connectivity index (χ3v) is 3.79. The molecule has 0 heterocycles. The summed E-state index contributed by atoms with van der Waals surface area (Å²) in [7, 11) is 0. The van der Waals surface area contributed by atoms with Crippen molar-refractivity contribution in [2.75, 3.05) is 12.4 Å². The Kier molecular flexibility index (Phi) is 5.04. The summed E-state index contributed by atoms with van der Waals surface area (Å²) in [6.45, 7) is 0.130. The van der Waals surface area contributed by atoms with Gasteiger partial charge in [0, 0.05) is 11.3 Å². The fourth-order valence-electron chi connectivity index (χ4n) is 1.53. The Morgan fingerprint density at radius 2 is 2.08 bits per heavy atom. The first-order valence-corrected chi connectivity index (χ1v) is 5.86. The number of rotatable bonds is 5. The summed E-state index contributed by atoms with van der Waals surface area (Å²) in [5.41, 5.74) is 5.59. The number of hydrogen-bond acceptors (Lipinski definition) is 3. The molecule has 12 heavy (non-hydrogen) atoms. The molecule has 1 saturated carbocycles. The van der Waals surface area contributed by atoms with Gasteiger partial charge in [-0.25, -0.2) is 0 Å². The predicted octanol–water partition coefficient (Wildman–Crippen LogP) is 1.37. The SMILES string of the molecule is NC(CO)CCSC1CCCC1. The van der Waals surface area contributed by atoms with Crippen LogP contribution in [0.15, 0.2) is 0 Å². The van der Waals surface area contributed by atoms with Gasteiger partial charge in [-0.3, -0.25) is 0 Å². The second-order valence-corrected chi connectivity index (χ2v) is 4.92. The van der Waals surface area contributed by atoms with Gasteiger partial charge >= 0.3 is 0 Å². The lowest BCUT2D eigenvalue weighted by Gasteiger charge is -2.10. The molecule has 1 fully saturated rings. The van der Waals surface area contributed by atoms with Crippen molar-refractivity contribution in [3.05, 3.63) is 0 Å². The largest absolute Gasteiger partial charge is 0.395 e. The van der Waals surface area contributed by atoms with Crippen molar-refractivity contribution in [2.45, 2.75) is 43.4 Å². The van der Waals surface area contributed by atoms with E-state index in [1.165, 1.54) is 25.7 Å². The van der Waals surface area contributed by atoms with Crippen molar-refractivity contribution in [1.29, 1.82) is 0 Å². The summed E-state index contributed by atoms with van der Waals surface area (Å²) in [5, 5.41) is 9.58. The van der Waals surface area contributed by atoms with Crippen LogP contribution in [0, 0.1) is 0 Å². The Morgan fingerprint density at radius 3 is 2.67 bits per heavy atom. The van der Waals surface area contributed by atoms with E-state index in [0.29, 0.717) is 0 Å². The van der Waals surface area contributed by atoms with Crippen LogP contribution in [-0.4, -0.2) is 28.8 Å². The summed E-state index contributed by atoms with van der Waals surface area (Å²) < 4.78 is 0. The maximum atomic E-state index is 8.69. The highest BCUT2D eigenvalue weighted by Crippen LogP contribution is 2.29. The van der Waals surface area contributed by atoms with Crippen LogP contribution in [0.1, 0.15) is 32.1 Å². The van der Waals surface area contributed by atoms with Crippen LogP contribution in [0.4, 0.5) is 0 Å². The summed E-state index contributed by atoms with van der Waals surface area (Å²) in [4.78, 5) is 0. The zero-order valence-corrected chi connectivity index (χ0v) is 8.35. The number of hydrogen-bond donors (Lipinski definition) is 2. The van der Waals surface area contributed by atoms with E-state index in [9.17, 15) is 0 Å². The van der Waals surface area contributed by atoms with E-state index >= 15 is 0 Å². The maximum absolute atomic E-state index is 8.69. The smallest absolute Gasteiger partial charge is 0.0582 e. The molecule has 0 radical (unpaired) electrons. The van der Waals surface area contributed by atoms with Crippen LogP contribution in [0.25, 0.3) is 0 Å². The van der Waals surface area contributed by atoms with Crippen LogP contribution in [0.3, 0.4) is 0 Å². The van der Waals surface area contributed by atoms with Crippen LogP contribution >= 0.6 is 11.8 Å². The van der Waals surface area contributed by atoms with E-state index in [2.05, 4.69) is 0 Å². The zero-order chi connectivity index (χ0) is 8.81. The first kappa shape index (κ1) is 10.4. The molecule has 0 bridgehead atoms. The minimum atomic E-state index is -0.00102. The average Bonchev–Trinajstić information content (AvgIpc) is 2.57. The van der Waals surface area contributed by atoms with Gasteiger partial charge in [-0.15, -0.1) is 0 Å². The van der Waals surface area contributed by atoms with Crippen LogP contribution in [0.2, 0.25) is 0 Å². The second-order valence-electron chi connectivity index (χ2n) is 3.51. The highest BCUT2D eigenvalue weighted by molar-refractivity contribution is 7.99. The predicted molar refractivity (Wildman–Crippen MR) is 54.4 cm³/mol. The minimum absolute atomic E-state index is 0.00102. The van der Waals surface area contributed by atoms with Gasteiger partial charge < -0.3 is 10.8 Å². The number of aliphatic hydroxyl groups is 1. The minimum Gasteiger partial charge on any atom is -0.395 e. The van der Waals surface area contributed by atoms with Crippen LogP contribution in [0.5, 0.6) is 0 Å². The van der Waals surface area contributed by atoms with Gasteiger partial charge in [0.25, 0.3) is 0 Å².